The molecule has 0 aromatic heterocycles. The number of rotatable bonds is 6. The van der Waals surface area contributed by atoms with E-state index in [0.29, 0.717) is 6.42 Å². The van der Waals surface area contributed by atoms with E-state index in [-0.39, 0.29) is 11.9 Å². The molecule has 4 N–H and O–H groups in total. The second-order valence-electron chi connectivity index (χ2n) is 4.20. The molecule has 0 spiro atoms. The van der Waals surface area contributed by atoms with Gasteiger partial charge in [-0.05, 0) is 36.6 Å². The Balaban J connectivity index is 2.81. The molecule has 0 aliphatic heterocycles. The van der Waals surface area contributed by atoms with Crippen LogP contribution >= 0.6 is 15.9 Å². The predicted molar refractivity (Wildman–Crippen MR) is 79.2 cm³/mol. The van der Waals surface area contributed by atoms with Crippen LogP contribution in [-0.4, -0.2) is 17.1 Å². The fraction of sp³-hybridized carbons (Fsp3) is 0.462. The summed E-state index contributed by atoms with van der Waals surface area (Å²) in [6.07, 6.45) is 2.41. The third-order valence-electron chi connectivity index (χ3n) is 2.88. The van der Waals surface area contributed by atoms with Crippen LogP contribution in [0.2, 0.25) is 0 Å². The van der Waals surface area contributed by atoms with Crippen LogP contribution in [0.5, 0.6) is 0 Å². The molecule has 0 aliphatic carbocycles. The Bertz CT molecular complexity index is 421. The molecule has 18 heavy (non-hydrogen) atoms. The van der Waals surface area contributed by atoms with E-state index in [1.54, 1.807) is 0 Å². The largest absolute Gasteiger partial charge is 0.409 e. The van der Waals surface area contributed by atoms with Crippen molar-refractivity contribution in [3.63, 3.8) is 0 Å². The van der Waals surface area contributed by atoms with E-state index >= 15 is 0 Å². The second kappa shape index (κ2) is 7.26. The lowest BCUT2D eigenvalue weighted by atomic mass is 10.1. The first kappa shape index (κ1) is 14.8. The maximum atomic E-state index is 8.61. The van der Waals surface area contributed by atoms with E-state index < -0.39 is 0 Å². The van der Waals surface area contributed by atoms with Crippen molar-refractivity contribution in [1.82, 2.24) is 0 Å². The third-order valence-corrected chi connectivity index (χ3v) is 3.38. The summed E-state index contributed by atoms with van der Waals surface area (Å²) in [5.74, 6) is 0.254. The van der Waals surface area contributed by atoms with Gasteiger partial charge < -0.3 is 16.3 Å². The highest BCUT2D eigenvalue weighted by Crippen LogP contribution is 2.23. The van der Waals surface area contributed by atoms with Gasteiger partial charge in [-0.15, -0.1) is 0 Å². The molecule has 0 bridgehead atoms. The molecule has 0 radical (unpaired) electrons. The molecule has 5 heteroatoms. The van der Waals surface area contributed by atoms with Gasteiger partial charge in [-0.1, -0.05) is 34.9 Å². The Morgan fingerprint density at radius 2 is 2.22 bits per heavy atom. The predicted octanol–water partition coefficient (Wildman–Crippen LogP) is 3.34. The van der Waals surface area contributed by atoms with Gasteiger partial charge in [0.15, 0.2) is 0 Å². The quantitative estimate of drug-likeness (QED) is 0.326. The summed E-state index contributed by atoms with van der Waals surface area (Å²) < 4.78 is 1.08. The van der Waals surface area contributed by atoms with Gasteiger partial charge in [0, 0.05) is 22.6 Å². The molecule has 0 heterocycles. The van der Waals surface area contributed by atoms with Crippen LogP contribution in [0, 0.1) is 0 Å². The Hall–Kier alpha value is -1.23. The van der Waals surface area contributed by atoms with E-state index in [4.69, 9.17) is 10.9 Å². The molecule has 1 aromatic rings. The monoisotopic (exact) mass is 313 g/mol. The third kappa shape index (κ3) is 4.22. The van der Waals surface area contributed by atoms with Crippen LogP contribution in [0.4, 0.5) is 5.69 Å². The normalized spacial score (nSPS) is 13.4. The van der Waals surface area contributed by atoms with Crippen molar-refractivity contribution >= 4 is 27.5 Å². The number of hydrogen-bond donors (Lipinski definition) is 3. The van der Waals surface area contributed by atoms with Crippen LogP contribution in [0.3, 0.4) is 0 Å². The fourth-order valence-corrected chi connectivity index (χ4v) is 2.21. The Morgan fingerprint density at radius 1 is 1.50 bits per heavy atom. The lowest BCUT2D eigenvalue weighted by Gasteiger charge is -2.20. The second-order valence-corrected chi connectivity index (χ2v) is 5.12. The maximum absolute atomic E-state index is 8.61. The molecule has 0 aliphatic rings. The lowest BCUT2D eigenvalue weighted by molar-refractivity contribution is 0.316. The lowest BCUT2D eigenvalue weighted by Crippen LogP contribution is -2.26. The number of nitrogens with two attached hydrogens (primary N) is 1. The average molecular weight is 314 g/mol. The highest BCUT2D eigenvalue weighted by molar-refractivity contribution is 9.10. The minimum atomic E-state index is 0.173. The molecule has 1 aromatic carbocycles. The Kier molecular flexibility index (Phi) is 5.98. The van der Waals surface area contributed by atoms with Gasteiger partial charge in [0.25, 0.3) is 0 Å². The zero-order chi connectivity index (χ0) is 13.5. The van der Waals surface area contributed by atoms with Crippen LogP contribution in [-0.2, 0) is 6.42 Å². The van der Waals surface area contributed by atoms with Crippen molar-refractivity contribution in [1.29, 1.82) is 0 Å². The van der Waals surface area contributed by atoms with E-state index in [1.165, 1.54) is 5.56 Å². The molecule has 1 atom stereocenters. The SMILES string of the molecule is CCc1cc(Br)ccc1NC(CC)C/C(N)=N/O. The minimum absolute atomic E-state index is 0.173. The topological polar surface area (TPSA) is 70.6 Å². The smallest absolute Gasteiger partial charge is 0.141 e. The average Bonchev–Trinajstić information content (AvgIpc) is 2.39. The summed E-state index contributed by atoms with van der Waals surface area (Å²) in [6, 6.07) is 6.35. The summed E-state index contributed by atoms with van der Waals surface area (Å²) >= 11 is 3.47. The molecule has 0 saturated carbocycles. The number of oxime groups is 1. The molecular weight excluding hydrogens is 294 g/mol. The van der Waals surface area contributed by atoms with Crippen molar-refractivity contribution in [3.8, 4) is 0 Å². The van der Waals surface area contributed by atoms with Gasteiger partial charge >= 0.3 is 0 Å². The van der Waals surface area contributed by atoms with Gasteiger partial charge in [0.2, 0.25) is 0 Å². The summed E-state index contributed by atoms with van der Waals surface area (Å²) in [5.41, 5.74) is 7.91. The molecular formula is C13H20BrN3O. The number of halogens is 1. The minimum Gasteiger partial charge on any atom is -0.409 e. The first-order chi connectivity index (χ1) is 8.60. The zero-order valence-corrected chi connectivity index (χ0v) is 12.4. The van der Waals surface area contributed by atoms with Crippen LogP contribution in [0.25, 0.3) is 0 Å². The number of anilines is 1. The van der Waals surface area contributed by atoms with Crippen LogP contribution in [0.1, 0.15) is 32.3 Å². The van der Waals surface area contributed by atoms with E-state index in [9.17, 15) is 0 Å². The van der Waals surface area contributed by atoms with Crippen molar-refractivity contribution in [3.05, 3.63) is 28.2 Å². The molecule has 1 unspecified atom stereocenters. The van der Waals surface area contributed by atoms with Crippen molar-refractivity contribution in [2.75, 3.05) is 5.32 Å². The summed E-state index contributed by atoms with van der Waals surface area (Å²) in [4.78, 5) is 0. The van der Waals surface area contributed by atoms with Crippen molar-refractivity contribution in [2.24, 2.45) is 10.9 Å². The fourth-order valence-electron chi connectivity index (χ4n) is 1.81. The van der Waals surface area contributed by atoms with E-state index in [1.807, 2.05) is 6.07 Å². The van der Waals surface area contributed by atoms with Crippen LogP contribution < -0.4 is 11.1 Å². The number of amidine groups is 1. The molecule has 100 valence electrons. The number of hydrogen-bond acceptors (Lipinski definition) is 3. The molecule has 0 fully saturated rings. The zero-order valence-electron chi connectivity index (χ0n) is 10.8. The maximum Gasteiger partial charge on any atom is 0.141 e. The van der Waals surface area contributed by atoms with Gasteiger partial charge in [0.1, 0.15) is 5.84 Å². The number of nitrogens with one attached hydrogen (secondary N) is 1. The molecule has 4 nitrogen and oxygen atoms in total. The van der Waals surface area contributed by atoms with Gasteiger partial charge in [-0.3, -0.25) is 0 Å². The van der Waals surface area contributed by atoms with E-state index in [0.717, 1.165) is 23.0 Å². The van der Waals surface area contributed by atoms with Crippen molar-refractivity contribution < 1.29 is 5.21 Å². The Morgan fingerprint density at radius 3 is 2.78 bits per heavy atom. The first-order valence-corrected chi connectivity index (χ1v) is 6.91. The highest BCUT2D eigenvalue weighted by Gasteiger charge is 2.11. The van der Waals surface area contributed by atoms with E-state index in [2.05, 4.69) is 52.4 Å². The summed E-state index contributed by atoms with van der Waals surface area (Å²) in [7, 11) is 0. The number of aryl methyl sites for hydroxylation is 1. The van der Waals surface area contributed by atoms with Gasteiger partial charge in [-0.2, -0.15) is 0 Å². The summed E-state index contributed by atoms with van der Waals surface area (Å²) in [5, 5.41) is 15.1. The highest BCUT2D eigenvalue weighted by atomic mass is 79.9. The molecule has 1 rings (SSSR count). The summed E-state index contributed by atoms with van der Waals surface area (Å²) in [6.45, 7) is 4.20. The van der Waals surface area contributed by atoms with Crippen LogP contribution in [0.15, 0.2) is 27.8 Å². The molecule has 0 saturated heterocycles. The van der Waals surface area contributed by atoms with Gasteiger partial charge in [0.05, 0.1) is 0 Å². The number of nitrogens with zero attached hydrogens (tertiary/aromatic N) is 1. The Labute approximate surface area is 116 Å². The van der Waals surface area contributed by atoms with Crippen molar-refractivity contribution in [2.45, 2.75) is 39.2 Å². The first-order valence-electron chi connectivity index (χ1n) is 6.12. The van der Waals surface area contributed by atoms with Gasteiger partial charge in [-0.25, -0.2) is 0 Å². The standard InChI is InChI=1S/C13H20BrN3O/c1-3-9-7-10(14)5-6-12(9)16-11(4-2)8-13(15)17-18/h5-7,11,16,18H,3-4,8H2,1-2H3,(H2,15,17). The number of benzene rings is 1. The molecule has 0 amide bonds.